The van der Waals surface area contributed by atoms with Crippen molar-refractivity contribution in [1.82, 2.24) is 4.90 Å². The molecule has 2 rings (SSSR count). The highest BCUT2D eigenvalue weighted by molar-refractivity contribution is 5.25. The second kappa shape index (κ2) is 5.28. The molecule has 0 aromatic heterocycles. The Morgan fingerprint density at radius 2 is 2.19 bits per heavy atom. The minimum absolute atomic E-state index is 0.411. The Kier molecular flexibility index (Phi) is 3.75. The third-order valence-corrected chi connectivity index (χ3v) is 3.29. The average molecular weight is 216 g/mol. The smallest absolute Gasteiger partial charge is 0.0404 e. The molecule has 2 nitrogen and oxygen atoms in total. The molecule has 1 atom stereocenters. The van der Waals surface area contributed by atoms with E-state index in [-0.39, 0.29) is 0 Å². The van der Waals surface area contributed by atoms with Crippen LogP contribution in [0, 0.1) is 6.92 Å². The largest absolute Gasteiger partial charge is 0.329 e. The summed E-state index contributed by atoms with van der Waals surface area (Å²) in [6.45, 7) is 5.01. The zero-order valence-corrected chi connectivity index (χ0v) is 9.89. The first-order valence-electron chi connectivity index (χ1n) is 5.96. The lowest BCUT2D eigenvalue weighted by atomic mass is 10.1. The number of rotatable bonds is 3. The van der Waals surface area contributed by atoms with Gasteiger partial charge in [0.2, 0.25) is 0 Å². The molecule has 0 aliphatic carbocycles. The van der Waals surface area contributed by atoms with E-state index in [1.807, 2.05) is 0 Å². The third-order valence-electron chi connectivity index (χ3n) is 3.29. The molecule has 2 N–H and O–H groups in total. The van der Waals surface area contributed by atoms with Gasteiger partial charge in [0.25, 0.3) is 0 Å². The van der Waals surface area contributed by atoms with Crippen LogP contribution in [0.2, 0.25) is 0 Å². The highest BCUT2D eigenvalue weighted by Gasteiger charge is 2.17. The number of hydrogen-bond acceptors (Lipinski definition) is 2. The van der Waals surface area contributed by atoms with Crippen LogP contribution < -0.4 is 5.73 Å². The van der Waals surface area contributed by atoms with Gasteiger partial charge in [0.1, 0.15) is 0 Å². The molecule has 1 heterocycles. The second-order valence-electron chi connectivity index (χ2n) is 4.42. The van der Waals surface area contributed by atoms with Crippen LogP contribution in [-0.2, 0) is 6.54 Å². The minimum Gasteiger partial charge on any atom is -0.329 e. The van der Waals surface area contributed by atoms with E-state index in [2.05, 4.69) is 48.2 Å². The van der Waals surface area contributed by atoms with Crippen molar-refractivity contribution in [3.05, 3.63) is 47.5 Å². The Hall–Kier alpha value is -1.12. The number of hydrogen-bond donors (Lipinski definition) is 1. The fourth-order valence-corrected chi connectivity index (χ4v) is 2.21. The number of nitrogens with zero attached hydrogens (tertiary/aromatic N) is 1. The van der Waals surface area contributed by atoms with Gasteiger partial charge in [-0.05, 0) is 24.5 Å². The lowest BCUT2D eigenvalue weighted by Gasteiger charge is -2.31. The molecule has 1 unspecified atom stereocenters. The summed E-state index contributed by atoms with van der Waals surface area (Å²) in [7, 11) is 0. The highest BCUT2D eigenvalue weighted by Crippen LogP contribution is 2.16. The molecule has 1 aliphatic heterocycles. The first-order valence-corrected chi connectivity index (χ1v) is 5.96. The van der Waals surface area contributed by atoms with Gasteiger partial charge >= 0.3 is 0 Å². The molecule has 0 fully saturated rings. The molecule has 16 heavy (non-hydrogen) atoms. The molecule has 0 saturated heterocycles. The van der Waals surface area contributed by atoms with Gasteiger partial charge in [-0.3, -0.25) is 4.90 Å². The molecular weight excluding hydrogens is 196 g/mol. The van der Waals surface area contributed by atoms with Gasteiger partial charge in [0.15, 0.2) is 0 Å². The average Bonchev–Trinajstić information content (AvgIpc) is 2.33. The molecule has 0 radical (unpaired) electrons. The van der Waals surface area contributed by atoms with Gasteiger partial charge in [0, 0.05) is 25.7 Å². The summed E-state index contributed by atoms with van der Waals surface area (Å²) in [5.41, 5.74) is 8.57. The lowest BCUT2D eigenvalue weighted by molar-refractivity contribution is 0.218. The molecule has 1 aliphatic rings. The van der Waals surface area contributed by atoms with E-state index >= 15 is 0 Å². The molecule has 0 amide bonds. The summed E-state index contributed by atoms with van der Waals surface area (Å²) >= 11 is 0. The SMILES string of the molecule is Cc1ccccc1CN1CCC=CC1CN. The van der Waals surface area contributed by atoms with Crippen LogP contribution in [0.15, 0.2) is 36.4 Å². The summed E-state index contributed by atoms with van der Waals surface area (Å²) < 4.78 is 0. The number of aryl methyl sites for hydroxylation is 1. The lowest BCUT2D eigenvalue weighted by Crippen LogP contribution is -2.41. The Labute approximate surface area is 97.8 Å². The van der Waals surface area contributed by atoms with E-state index in [1.165, 1.54) is 11.1 Å². The van der Waals surface area contributed by atoms with Gasteiger partial charge in [-0.25, -0.2) is 0 Å². The zero-order valence-electron chi connectivity index (χ0n) is 9.89. The predicted molar refractivity (Wildman–Crippen MR) is 68.2 cm³/mol. The van der Waals surface area contributed by atoms with E-state index in [1.54, 1.807) is 0 Å². The van der Waals surface area contributed by atoms with Crippen LogP contribution >= 0.6 is 0 Å². The van der Waals surface area contributed by atoms with Crippen LogP contribution in [0.1, 0.15) is 17.5 Å². The molecule has 1 aromatic rings. The maximum absolute atomic E-state index is 5.79. The van der Waals surface area contributed by atoms with Gasteiger partial charge in [-0.15, -0.1) is 0 Å². The maximum atomic E-state index is 5.79. The molecule has 2 heteroatoms. The van der Waals surface area contributed by atoms with E-state index in [0.717, 1.165) is 19.5 Å². The maximum Gasteiger partial charge on any atom is 0.0404 e. The molecule has 86 valence electrons. The van der Waals surface area contributed by atoms with Crippen LogP contribution in [-0.4, -0.2) is 24.0 Å². The summed E-state index contributed by atoms with van der Waals surface area (Å²) in [6, 6.07) is 9.00. The Morgan fingerprint density at radius 3 is 2.94 bits per heavy atom. The van der Waals surface area contributed by atoms with Crippen molar-refractivity contribution in [1.29, 1.82) is 0 Å². The van der Waals surface area contributed by atoms with Crippen LogP contribution in [0.3, 0.4) is 0 Å². The van der Waals surface area contributed by atoms with Crippen molar-refractivity contribution in [3.8, 4) is 0 Å². The predicted octanol–water partition coefficient (Wildman–Crippen LogP) is 2.08. The minimum atomic E-state index is 0.411. The van der Waals surface area contributed by atoms with Crippen LogP contribution in [0.25, 0.3) is 0 Å². The van der Waals surface area contributed by atoms with E-state index in [9.17, 15) is 0 Å². The summed E-state index contributed by atoms with van der Waals surface area (Å²) in [5.74, 6) is 0. The first kappa shape index (κ1) is 11.4. The second-order valence-corrected chi connectivity index (χ2v) is 4.42. The normalized spacial score (nSPS) is 21.2. The Bertz CT molecular complexity index is 371. The molecule has 0 bridgehead atoms. The third kappa shape index (κ3) is 2.52. The van der Waals surface area contributed by atoms with E-state index in [4.69, 9.17) is 5.73 Å². The van der Waals surface area contributed by atoms with Gasteiger partial charge in [-0.2, -0.15) is 0 Å². The molecular formula is C14H20N2. The monoisotopic (exact) mass is 216 g/mol. The highest BCUT2D eigenvalue weighted by atomic mass is 15.2. The van der Waals surface area contributed by atoms with E-state index in [0.29, 0.717) is 12.6 Å². The fourth-order valence-electron chi connectivity index (χ4n) is 2.21. The van der Waals surface area contributed by atoms with Crippen molar-refractivity contribution in [2.75, 3.05) is 13.1 Å². The van der Waals surface area contributed by atoms with Crippen molar-refractivity contribution in [2.45, 2.75) is 25.9 Å². The summed E-state index contributed by atoms with van der Waals surface area (Å²) in [5, 5.41) is 0. The number of benzene rings is 1. The molecule has 0 spiro atoms. The topological polar surface area (TPSA) is 29.3 Å². The first-order chi connectivity index (χ1) is 7.81. The summed E-state index contributed by atoms with van der Waals surface area (Å²) in [4.78, 5) is 2.46. The fraction of sp³-hybridized carbons (Fsp3) is 0.429. The Balaban J connectivity index is 2.09. The van der Waals surface area contributed by atoms with Crippen LogP contribution in [0.5, 0.6) is 0 Å². The van der Waals surface area contributed by atoms with Gasteiger partial charge in [-0.1, -0.05) is 36.4 Å². The van der Waals surface area contributed by atoms with E-state index < -0.39 is 0 Å². The molecule has 0 saturated carbocycles. The van der Waals surface area contributed by atoms with Crippen molar-refractivity contribution >= 4 is 0 Å². The van der Waals surface area contributed by atoms with Gasteiger partial charge < -0.3 is 5.73 Å². The quantitative estimate of drug-likeness (QED) is 0.784. The van der Waals surface area contributed by atoms with Crippen molar-refractivity contribution in [3.63, 3.8) is 0 Å². The van der Waals surface area contributed by atoms with Crippen LogP contribution in [0.4, 0.5) is 0 Å². The van der Waals surface area contributed by atoms with Crippen molar-refractivity contribution in [2.24, 2.45) is 5.73 Å². The van der Waals surface area contributed by atoms with Gasteiger partial charge in [0.05, 0.1) is 0 Å². The Morgan fingerprint density at radius 1 is 1.38 bits per heavy atom. The summed E-state index contributed by atoms with van der Waals surface area (Å²) in [6.07, 6.45) is 5.62. The standard InChI is InChI=1S/C14H20N2/c1-12-6-2-3-7-13(12)11-16-9-5-4-8-14(16)10-15/h2-4,6-8,14H,5,9-11,15H2,1H3. The van der Waals surface area contributed by atoms with Crippen molar-refractivity contribution < 1.29 is 0 Å². The zero-order chi connectivity index (χ0) is 11.4. The molecule has 1 aromatic carbocycles. The number of nitrogens with two attached hydrogens (primary N) is 1.